The molecule has 0 radical (unpaired) electrons. The summed E-state index contributed by atoms with van der Waals surface area (Å²) in [6.07, 6.45) is -2.81. The second-order valence-corrected chi connectivity index (χ2v) is 8.43. The standard InChI is InChI=1S/C25H28F3N7O3/c26-25(27,28)16-38-24-34-22-31-15-17-3-9-20(10-4-17)37-14-13-29-11-1-2-12-30-21(36)18-5-7-19(8-6-18)32-23(33-22)35-24/h3-10,29H,1-2,11-16H2,(H,30,36)(H2,31,32,33,34,35). The van der Waals surface area contributed by atoms with Crippen LogP contribution in [0.15, 0.2) is 48.5 Å². The second-order valence-electron chi connectivity index (χ2n) is 8.43. The number of carbonyl (C=O) groups excluding carboxylic acids is 1. The molecule has 3 aromatic rings. The minimum absolute atomic E-state index is 0.0244. The summed E-state index contributed by atoms with van der Waals surface area (Å²) in [5.41, 5.74) is 1.88. The lowest BCUT2D eigenvalue weighted by molar-refractivity contribution is -0.154. The Balaban J connectivity index is 1.54. The first-order valence-electron chi connectivity index (χ1n) is 12.1. The first-order valence-corrected chi connectivity index (χ1v) is 12.1. The average molecular weight is 532 g/mol. The van der Waals surface area contributed by atoms with Crippen molar-refractivity contribution in [3.8, 4) is 11.8 Å². The summed E-state index contributed by atoms with van der Waals surface area (Å²) < 4.78 is 48.6. The second kappa shape index (κ2) is 12.9. The van der Waals surface area contributed by atoms with Crippen molar-refractivity contribution >= 4 is 23.5 Å². The number of ether oxygens (including phenoxy) is 2. The molecule has 1 amide bonds. The van der Waals surface area contributed by atoms with Gasteiger partial charge in [0.2, 0.25) is 11.9 Å². The van der Waals surface area contributed by atoms with Crippen molar-refractivity contribution < 1.29 is 27.4 Å². The minimum Gasteiger partial charge on any atom is -0.492 e. The highest BCUT2D eigenvalue weighted by atomic mass is 19.4. The van der Waals surface area contributed by atoms with Crippen LogP contribution in [-0.4, -0.2) is 59.9 Å². The number of hydrogen-bond donors (Lipinski definition) is 4. The van der Waals surface area contributed by atoms with Crippen LogP contribution in [0.25, 0.3) is 0 Å². The van der Waals surface area contributed by atoms with Gasteiger partial charge in [-0.15, -0.1) is 0 Å². The van der Waals surface area contributed by atoms with E-state index in [-0.39, 0.29) is 17.8 Å². The Morgan fingerprint density at radius 1 is 0.868 bits per heavy atom. The number of hydrogen-bond acceptors (Lipinski definition) is 9. The number of anilines is 3. The Hall–Kier alpha value is -4.13. The van der Waals surface area contributed by atoms with Crippen LogP contribution >= 0.6 is 0 Å². The number of carbonyl (C=O) groups is 1. The molecule has 13 heteroatoms. The van der Waals surface area contributed by atoms with E-state index in [9.17, 15) is 18.0 Å². The van der Waals surface area contributed by atoms with Gasteiger partial charge in [0.15, 0.2) is 6.61 Å². The van der Waals surface area contributed by atoms with Crippen LogP contribution in [0.4, 0.5) is 30.8 Å². The van der Waals surface area contributed by atoms with Crippen LogP contribution in [-0.2, 0) is 6.54 Å². The number of amides is 1. The molecular weight excluding hydrogens is 503 g/mol. The Labute approximate surface area is 217 Å². The molecule has 0 aliphatic carbocycles. The van der Waals surface area contributed by atoms with Gasteiger partial charge in [0.25, 0.3) is 5.91 Å². The van der Waals surface area contributed by atoms with Crippen molar-refractivity contribution in [1.29, 1.82) is 0 Å². The molecule has 10 nitrogen and oxygen atoms in total. The van der Waals surface area contributed by atoms with E-state index in [1.807, 2.05) is 24.3 Å². The molecular formula is C25H28F3N7O3. The van der Waals surface area contributed by atoms with E-state index < -0.39 is 18.8 Å². The molecule has 4 aliphatic heterocycles. The number of nitrogens with zero attached hydrogens (tertiary/aromatic N) is 3. The molecule has 0 fully saturated rings. The maximum Gasteiger partial charge on any atom is 0.422 e. The van der Waals surface area contributed by atoms with E-state index >= 15 is 0 Å². The SMILES string of the molecule is O=C1NCCCCNCCOc2ccc(cc2)CNc2nc(nc(OCC(F)(F)F)n2)Nc2ccc1cc2. The summed E-state index contributed by atoms with van der Waals surface area (Å²) in [4.78, 5) is 24.5. The van der Waals surface area contributed by atoms with E-state index in [0.717, 1.165) is 24.9 Å². The first-order chi connectivity index (χ1) is 18.3. The highest BCUT2D eigenvalue weighted by Gasteiger charge is 2.29. The van der Waals surface area contributed by atoms with E-state index in [4.69, 9.17) is 9.47 Å². The van der Waals surface area contributed by atoms with Gasteiger partial charge in [0.05, 0.1) is 0 Å². The third kappa shape index (κ3) is 8.76. The van der Waals surface area contributed by atoms with Crippen LogP contribution in [0.2, 0.25) is 0 Å². The van der Waals surface area contributed by atoms with Gasteiger partial charge in [-0.25, -0.2) is 0 Å². The van der Waals surface area contributed by atoms with Crippen molar-refractivity contribution in [2.24, 2.45) is 0 Å². The maximum absolute atomic E-state index is 12.7. The number of rotatable bonds is 2. The number of nitrogens with one attached hydrogen (secondary N) is 4. The lowest BCUT2D eigenvalue weighted by Crippen LogP contribution is -2.26. The van der Waals surface area contributed by atoms with Gasteiger partial charge >= 0.3 is 12.2 Å². The van der Waals surface area contributed by atoms with Gasteiger partial charge in [0.1, 0.15) is 12.4 Å². The van der Waals surface area contributed by atoms with Crippen LogP contribution in [0.3, 0.4) is 0 Å². The summed E-state index contributed by atoms with van der Waals surface area (Å²) in [6.45, 7) is 1.32. The summed E-state index contributed by atoms with van der Waals surface area (Å²) in [5.74, 6) is 0.514. The molecule has 38 heavy (non-hydrogen) atoms. The lowest BCUT2D eigenvalue weighted by Gasteiger charge is -2.13. The van der Waals surface area contributed by atoms with E-state index in [1.165, 1.54) is 0 Å². The van der Waals surface area contributed by atoms with Crippen molar-refractivity contribution in [3.63, 3.8) is 0 Å². The van der Waals surface area contributed by atoms with E-state index in [0.29, 0.717) is 43.2 Å². The van der Waals surface area contributed by atoms with Crippen molar-refractivity contribution in [2.45, 2.75) is 25.6 Å². The van der Waals surface area contributed by atoms with E-state index in [2.05, 4.69) is 36.2 Å². The fourth-order valence-electron chi connectivity index (χ4n) is 3.47. The minimum atomic E-state index is -4.55. The van der Waals surface area contributed by atoms with Gasteiger partial charge in [-0.05, 0) is 61.3 Å². The monoisotopic (exact) mass is 531 g/mol. The predicted molar refractivity (Wildman–Crippen MR) is 135 cm³/mol. The smallest absolute Gasteiger partial charge is 0.422 e. The Morgan fingerprint density at radius 2 is 1.61 bits per heavy atom. The molecule has 0 atom stereocenters. The van der Waals surface area contributed by atoms with Crippen LogP contribution < -0.4 is 30.7 Å². The molecule has 0 saturated carbocycles. The third-order valence-corrected chi connectivity index (χ3v) is 5.37. The van der Waals surface area contributed by atoms with Crippen molar-refractivity contribution in [2.75, 3.05) is 43.5 Å². The molecule has 5 heterocycles. The fraction of sp³-hybridized carbons (Fsp3) is 0.360. The lowest BCUT2D eigenvalue weighted by atomic mass is 10.2. The molecule has 0 saturated heterocycles. The predicted octanol–water partition coefficient (Wildman–Crippen LogP) is 3.66. The molecule has 0 unspecified atom stereocenters. The quantitative estimate of drug-likeness (QED) is 0.392. The number of alkyl halides is 3. The largest absolute Gasteiger partial charge is 0.492 e. The molecule has 2 aromatic carbocycles. The first kappa shape index (κ1) is 26.9. The zero-order valence-electron chi connectivity index (χ0n) is 20.5. The molecule has 0 spiro atoms. The summed E-state index contributed by atoms with van der Waals surface area (Å²) >= 11 is 0. The van der Waals surface area contributed by atoms with Gasteiger partial charge < -0.3 is 30.7 Å². The highest BCUT2D eigenvalue weighted by Crippen LogP contribution is 2.21. The molecule has 202 valence electrons. The van der Waals surface area contributed by atoms with E-state index in [1.54, 1.807) is 24.3 Å². The number of benzene rings is 2. The van der Waals surface area contributed by atoms with Crippen LogP contribution in [0.1, 0.15) is 28.8 Å². The fourth-order valence-corrected chi connectivity index (χ4v) is 3.47. The highest BCUT2D eigenvalue weighted by molar-refractivity contribution is 5.94. The Bertz CT molecular complexity index is 1190. The van der Waals surface area contributed by atoms with Gasteiger partial charge in [-0.2, -0.15) is 28.1 Å². The van der Waals surface area contributed by atoms with Crippen LogP contribution in [0, 0.1) is 0 Å². The van der Waals surface area contributed by atoms with Gasteiger partial charge in [0, 0.05) is 30.9 Å². The molecule has 4 N–H and O–H groups in total. The van der Waals surface area contributed by atoms with Crippen LogP contribution in [0.5, 0.6) is 11.8 Å². The van der Waals surface area contributed by atoms with Gasteiger partial charge in [-0.3, -0.25) is 4.79 Å². The summed E-state index contributed by atoms with van der Waals surface area (Å²) in [7, 11) is 0. The third-order valence-electron chi connectivity index (χ3n) is 5.37. The summed E-state index contributed by atoms with van der Waals surface area (Å²) in [6, 6.07) is 13.5. The van der Waals surface area contributed by atoms with Gasteiger partial charge in [-0.1, -0.05) is 12.1 Å². The molecule has 6 bridgehead atoms. The number of aromatic nitrogens is 3. The normalized spacial score (nSPS) is 15.4. The molecule has 1 aromatic heterocycles. The summed E-state index contributed by atoms with van der Waals surface area (Å²) in [5, 5.41) is 12.1. The zero-order chi connectivity index (χ0) is 26.8. The topological polar surface area (TPSA) is 122 Å². The Morgan fingerprint density at radius 3 is 2.37 bits per heavy atom. The molecule has 7 rings (SSSR count). The van der Waals surface area contributed by atoms with Crippen molar-refractivity contribution in [3.05, 3.63) is 59.7 Å². The average Bonchev–Trinajstić information content (AvgIpc) is 2.90. The Kier molecular flexibility index (Phi) is 9.14. The number of halogens is 3. The maximum atomic E-state index is 12.7. The molecule has 4 aliphatic rings. The van der Waals surface area contributed by atoms with Crippen molar-refractivity contribution in [1.82, 2.24) is 25.6 Å². The zero-order valence-corrected chi connectivity index (χ0v) is 20.5.